The Balaban J connectivity index is 1.41. The Morgan fingerprint density at radius 3 is 2.81 bits per heavy atom. The van der Waals surface area contributed by atoms with Crippen LogP contribution in [0.3, 0.4) is 0 Å². The van der Waals surface area contributed by atoms with Crippen molar-refractivity contribution < 1.29 is 8.94 Å². The maximum absolute atomic E-state index is 13.3. The minimum atomic E-state index is -0.125. The smallest absolute Gasteiger partial charge is 0.263 e. The number of hydrogen-bond acceptors (Lipinski definition) is 8. The van der Waals surface area contributed by atoms with Crippen LogP contribution < -0.4 is 5.56 Å². The first-order chi connectivity index (χ1) is 15.7. The summed E-state index contributed by atoms with van der Waals surface area (Å²) in [5, 5.41) is 7.11. The lowest BCUT2D eigenvalue weighted by atomic mass is 10.1. The molecule has 0 aliphatic rings. The molecule has 0 aliphatic carbocycles. The van der Waals surface area contributed by atoms with Gasteiger partial charge in [0.25, 0.3) is 5.56 Å². The number of benzene rings is 1. The summed E-state index contributed by atoms with van der Waals surface area (Å²) in [4.78, 5) is 23.2. The SMILES string of the molecule is C=CCn1c(SCc2nc(Cc3ccccc3)no2)nc2scc(-c3ccco3)c2c1=O. The number of rotatable bonds is 8. The van der Waals surface area contributed by atoms with Gasteiger partial charge in [0.15, 0.2) is 11.0 Å². The minimum Gasteiger partial charge on any atom is -0.464 e. The molecule has 0 aliphatic heterocycles. The second-order valence-electron chi connectivity index (χ2n) is 6.96. The molecule has 9 heteroatoms. The summed E-state index contributed by atoms with van der Waals surface area (Å²) in [6, 6.07) is 13.6. The van der Waals surface area contributed by atoms with Gasteiger partial charge in [0, 0.05) is 23.9 Å². The second-order valence-corrected chi connectivity index (χ2v) is 8.76. The zero-order valence-electron chi connectivity index (χ0n) is 16.9. The fourth-order valence-electron chi connectivity index (χ4n) is 3.34. The lowest BCUT2D eigenvalue weighted by Gasteiger charge is -2.09. The third kappa shape index (κ3) is 4.04. The predicted molar refractivity (Wildman–Crippen MR) is 125 cm³/mol. The van der Waals surface area contributed by atoms with E-state index in [9.17, 15) is 4.79 Å². The van der Waals surface area contributed by atoms with Crippen LogP contribution in [-0.2, 0) is 18.7 Å². The van der Waals surface area contributed by atoms with Gasteiger partial charge in [0.2, 0.25) is 5.89 Å². The van der Waals surface area contributed by atoms with E-state index in [1.807, 2.05) is 41.8 Å². The van der Waals surface area contributed by atoms with E-state index in [-0.39, 0.29) is 5.56 Å². The molecule has 5 aromatic rings. The number of aromatic nitrogens is 4. The van der Waals surface area contributed by atoms with E-state index >= 15 is 0 Å². The van der Waals surface area contributed by atoms with Crippen molar-refractivity contribution in [3.63, 3.8) is 0 Å². The van der Waals surface area contributed by atoms with Crippen LogP contribution in [0.4, 0.5) is 0 Å². The summed E-state index contributed by atoms with van der Waals surface area (Å²) >= 11 is 2.81. The van der Waals surface area contributed by atoms with Gasteiger partial charge in [0.05, 0.1) is 17.4 Å². The monoisotopic (exact) mass is 462 g/mol. The van der Waals surface area contributed by atoms with Crippen molar-refractivity contribution in [2.24, 2.45) is 0 Å². The topological polar surface area (TPSA) is 86.9 Å². The fraction of sp³-hybridized carbons (Fsp3) is 0.130. The molecule has 0 radical (unpaired) electrons. The first kappa shape index (κ1) is 20.5. The maximum atomic E-state index is 13.3. The van der Waals surface area contributed by atoms with E-state index in [0.717, 1.165) is 11.1 Å². The maximum Gasteiger partial charge on any atom is 0.263 e. The van der Waals surface area contributed by atoms with Crippen molar-refractivity contribution in [3.8, 4) is 11.3 Å². The molecule has 4 heterocycles. The molecule has 0 atom stereocenters. The standard InChI is InChI=1S/C23H18N4O3S2/c1-2-10-27-22(28)20-16(17-9-6-11-29-17)13-31-21(20)25-23(27)32-14-19-24-18(26-30-19)12-15-7-4-3-5-8-15/h2-9,11,13H,1,10,12,14H2. The highest BCUT2D eigenvalue weighted by molar-refractivity contribution is 7.98. The van der Waals surface area contributed by atoms with E-state index in [0.29, 0.717) is 51.6 Å². The number of fused-ring (bicyclic) bond motifs is 1. The first-order valence-electron chi connectivity index (χ1n) is 9.88. The lowest BCUT2D eigenvalue weighted by molar-refractivity contribution is 0.385. The van der Waals surface area contributed by atoms with Crippen LogP contribution in [0.1, 0.15) is 17.3 Å². The van der Waals surface area contributed by atoms with Crippen LogP contribution in [0, 0.1) is 0 Å². The highest BCUT2D eigenvalue weighted by atomic mass is 32.2. The first-order valence-corrected chi connectivity index (χ1v) is 11.7. The van der Waals surface area contributed by atoms with Gasteiger partial charge in [-0.3, -0.25) is 9.36 Å². The summed E-state index contributed by atoms with van der Waals surface area (Å²) in [5.41, 5.74) is 1.74. The molecule has 0 saturated carbocycles. The van der Waals surface area contributed by atoms with Crippen molar-refractivity contribution in [1.29, 1.82) is 0 Å². The number of nitrogens with zero attached hydrogens (tertiary/aromatic N) is 4. The lowest BCUT2D eigenvalue weighted by Crippen LogP contribution is -2.22. The van der Waals surface area contributed by atoms with Gasteiger partial charge in [-0.25, -0.2) is 4.98 Å². The van der Waals surface area contributed by atoms with Crippen LogP contribution in [0.15, 0.2) is 85.7 Å². The molecule has 160 valence electrons. The molecule has 0 bridgehead atoms. The van der Waals surface area contributed by atoms with Crippen LogP contribution in [0.25, 0.3) is 21.5 Å². The molecule has 1 aromatic carbocycles. The van der Waals surface area contributed by atoms with Gasteiger partial charge in [-0.05, 0) is 17.7 Å². The van der Waals surface area contributed by atoms with E-state index in [1.54, 1.807) is 23.0 Å². The Hall–Kier alpha value is -3.43. The van der Waals surface area contributed by atoms with Gasteiger partial charge in [0.1, 0.15) is 10.6 Å². The molecule has 0 amide bonds. The van der Waals surface area contributed by atoms with Crippen molar-refractivity contribution in [1.82, 2.24) is 19.7 Å². The minimum absolute atomic E-state index is 0.125. The normalized spacial score (nSPS) is 11.2. The average Bonchev–Trinajstić information content (AvgIpc) is 3.56. The van der Waals surface area contributed by atoms with Crippen LogP contribution in [0.2, 0.25) is 0 Å². The summed E-state index contributed by atoms with van der Waals surface area (Å²) in [7, 11) is 0. The summed E-state index contributed by atoms with van der Waals surface area (Å²) in [6.45, 7) is 4.13. The Bertz CT molecular complexity index is 1420. The van der Waals surface area contributed by atoms with Crippen LogP contribution in [0.5, 0.6) is 0 Å². The Morgan fingerprint density at radius 2 is 2.03 bits per heavy atom. The number of thiophene rings is 1. The number of allylic oxidation sites excluding steroid dienone is 1. The van der Waals surface area contributed by atoms with Crippen LogP contribution in [-0.4, -0.2) is 19.7 Å². The summed E-state index contributed by atoms with van der Waals surface area (Å²) < 4.78 is 12.5. The van der Waals surface area contributed by atoms with Gasteiger partial charge in [-0.1, -0.05) is 53.3 Å². The van der Waals surface area contributed by atoms with E-state index in [1.165, 1.54) is 23.1 Å². The molecule has 5 rings (SSSR count). The van der Waals surface area contributed by atoms with Gasteiger partial charge < -0.3 is 8.94 Å². The highest BCUT2D eigenvalue weighted by Crippen LogP contribution is 2.32. The Morgan fingerprint density at radius 1 is 1.16 bits per heavy atom. The quantitative estimate of drug-likeness (QED) is 0.179. The third-order valence-corrected chi connectivity index (χ3v) is 6.63. The predicted octanol–water partition coefficient (Wildman–Crippen LogP) is 5.17. The molecular weight excluding hydrogens is 444 g/mol. The highest BCUT2D eigenvalue weighted by Gasteiger charge is 2.19. The van der Waals surface area contributed by atoms with Gasteiger partial charge in [-0.2, -0.15) is 4.98 Å². The molecule has 7 nitrogen and oxygen atoms in total. The van der Waals surface area contributed by atoms with Gasteiger partial charge in [-0.15, -0.1) is 17.9 Å². The van der Waals surface area contributed by atoms with Crippen LogP contribution >= 0.6 is 23.1 Å². The number of thioether (sulfide) groups is 1. The van der Waals surface area contributed by atoms with Crippen molar-refractivity contribution in [2.45, 2.75) is 23.9 Å². The molecule has 0 unspecified atom stereocenters. The average molecular weight is 463 g/mol. The number of furan rings is 1. The largest absolute Gasteiger partial charge is 0.464 e. The van der Waals surface area contributed by atoms with Crippen molar-refractivity contribution in [3.05, 3.63) is 94.4 Å². The second kappa shape index (κ2) is 8.97. The molecule has 0 spiro atoms. The van der Waals surface area contributed by atoms with Crippen molar-refractivity contribution >= 4 is 33.3 Å². The molecular formula is C23H18N4O3S2. The molecule has 4 aromatic heterocycles. The summed E-state index contributed by atoms with van der Waals surface area (Å²) in [5.74, 6) is 2.17. The third-order valence-electron chi connectivity index (χ3n) is 4.80. The Kier molecular flexibility index (Phi) is 5.74. The Labute approximate surface area is 191 Å². The van der Waals surface area contributed by atoms with E-state index in [2.05, 4.69) is 16.7 Å². The van der Waals surface area contributed by atoms with E-state index in [4.69, 9.17) is 13.9 Å². The van der Waals surface area contributed by atoms with Gasteiger partial charge >= 0.3 is 0 Å². The molecule has 0 N–H and O–H groups in total. The summed E-state index contributed by atoms with van der Waals surface area (Å²) in [6.07, 6.45) is 3.88. The zero-order chi connectivity index (χ0) is 21.9. The molecule has 0 fully saturated rings. The van der Waals surface area contributed by atoms with E-state index < -0.39 is 0 Å². The zero-order valence-corrected chi connectivity index (χ0v) is 18.6. The molecule has 0 saturated heterocycles. The van der Waals surface area contributed by atoms with Crippen molar-refractivity contribution in [2.75, 3.05) is 0 Å². The molecule has 32 heavy (non-hydrogen) atoms. The fourth-order valence-corrected chi connectivity index (χ4v) is 5.16. The number of hydrogen-bond donors (Lipinski definition) is 0.